The van der Waals surface area contributed by atoms with Gasteiger partial charge in [0.25, 0.3) is 0 Å². The molecule has 0 aliphatic carbocycles. The second kappa shape index (κ2) is 10.2. The van der Waals surface area contributed by atoms with Crippen molar-refractivity contribution in [1.29, 1.82) is 0 Å². The van der Waals surface area contributed by atoms with Gasteiger partial charge in [-0.25, -0.2) is 18.7 Å². The highest BCUT2D eigenvalue weighted by Gasteiger charge is 2.14. The normalized spacial score (nSPS) is 12.6. The molecule has 1 amide bonds. The van der Waals surface area contributed by atoms with Crippen LogP contribution in [0, 0.1) is 0 Å². The molecular weight excluding hydrogens is 440 g/mol. The summed E-state index contributed by atoms with van der Waals surface area (Å²) >= 11 is 1.53. The van der Waals surface area contributed by atoms with E-state index in [2.05, 4.69) is 25.9 Å². The Kier molecular flexibility index (Phi) is 7.45. The second-order valence-electron chi connectivity index (χ2n) is 6.11. The number of anilines is 2. The standard InChI is InChI=1S/C20H22N4O5S2/c1-3-28-20(26)24-31(2,27)15-8-6-14(7-9-15)22-19-21-13-16(17-5-4-12-30-17)18(23-19)29-11-10-25/h4-9,12-13,25H,2-3,10-11H2,1H3,(H,21,22,23)(H,24,26,27). The molecule has 3 rings (SSSR count). The highest BCUT2D eigenvalue weighted by Crippen LogP contribution is 2.32. The van der Waals surface area contributed by atoms with Crippen molar-refractivity contribution in [3.8, 4) is 16.3 Å². The van der Waals surface area contributed by atoms with Crippen molar-refractivity contribution >= 4 is 44.6 Å². The number of thiophene rings is 1. The lowest BCUT2D eigenvalue weighted by atomic mass is 10.2. The van der Waals surface area contributed by atoms with E-state index in [1.807, 2.05) is 17.5 Å². The van der Waals surface area contributed by atoms with Gasteiger partial charge in [-0.1, -0.05) is 6.07 Å². The van der Waals surface area contributed by atoms with Gasteiger partial charge in [0, 0.05) is 21.7 Å². The van der Waals surface area contributed by atoms with Gasteiger partial charge in [-0.3, -0.25) is 0 Å². The number of aliphatic hydroxyl groups is 1. The van der Waals surface area contributed by atoms with E-state index in [9.17, 15) is 9.00 Å². The van der Waals surface area contributed by atoms with Gasteiger partial charge < -0.3 is 19.9 Å². The lowest BCUT2D eigenvalue weighted by Crippen LogP contribution is -2.30. The Balaban J connectivity index is 1.77. The first-order chi connectivity index (χ1) is 14.9. The summed E-state index contributed by atoms with van der Waals surface area (Å²) in [5.74, 6) is 4.23. The smallest absolute Gasteiger partial charge is 0.418 e. The van der Waals surface area contributed by atoms with E-state index in [4.69, 9.17) is 14.6 Å². The van der Waals surface area contributed by atoms with Gasteiger partial charge in [0.2, 0.25) is 11.8 Å². The molecule has 0 saturated carbocycles. The monoisotopic (exact) mass is 462 g/mol. The molecular formula is C20H22N4O5S2. The summed E-state index contributed by atoms with van der Waals surface area (Å²) in [5, 5.41) is 14.1. The third-order valence-electron chi connectivity index (χ3n) is 3.89. The first-order valence-corrected chi connectivity index (χ1v) is 11.9. The highest BCUT2D eigenvalue weighted by atomic mass is 32.2. The van der Waals surface area contributed by atoms with Crippen molar-refractivity contribution in [3.05, 3.63) is 48.0 Å². The van der Waals surface area contributed by atoms with Gasteiger partial charge in [0.05, 0.1) is 28.5 Å². The van der Waals surface area contributed by atoms with Crippen molar-refractivity contribution in [2.24, 2.45) is 0 Å². The van der Waals surface area contributed by atoms with Crippen LogP contribution in [-0.2, 0) is 14.4 Å². The van der Waals surface area contributed by atoms with Crippen LogP contribution < -0.4 is 14.8 Å². The van der Waals surface area contributed by atoms with E-state index in [-0.39, 0.29) is 19.8 Å². The summed E-state index contributed by atoms with van der Waals surface area (Å²) in [7, 11) is -3.05. The number of nitrogens with one attached hydrogen (secondary N) is 2. The minimum absolute atomic E-state index is 0.106. The Bertz CT molecular complexity index is 1120. The largest absolute Gasteiger partial charge is 0.475 e. The average Bonchev–Trinajstić information content (AvgIpc) is 3.27. The molecule has 2 heterocycles. The van der Waals surface area contributed by atoms with Crippen molar-refractivity contribution in [2.45, 2.75) is 11.8 Å². The van der Waals surface area contributed by atoms with Gasteiger partial charge in [-0.15, -0.1) is 11.3 Å². The molecule has 1 aromatic carbocycles. The number of ether oxygens (including phenoxy) is 2. The third-order valence-corrected chi connectivity index (χ3v) is 6.32. The van der Waals surface area contributed by atoms with Gasteiger partial charge in [-0.05, 0) is 48.5 Å². The molecule has 0 aliphatic rings. The molecule has 0 saturated heterocycles. The predicted molar refractivity (Wildman–Crippen MR) is 121 cm³/mol. The Labute approximate surface area is 184 Å². The van der Waals surface area contributed by atoms with E-state index in [1.165, 1.54) is 11.3 Å². The van der Waals surface area contributed by atoms with E-state index < -0.39 is 15.8 Å². The zero-order valence-electron chi connectivity index (χ0n) is 16.7. The van der Waals surface area contributed by atoms with Crippen LogP contribution >= 0.6 is 11.3 Å². The van der Waals surface area contributed by atoms with Crippen LogP contribution in [0.1, 0.15) is 6.92 Å². The quantitative estimate of drug-likeness (QED) is 0.415. The summed E-state index contributed by atoms with van der Waals surface area (Å²) in [4.78, 5) is 21.6. The topological polar surface area (TPSA) is 123 Å². The maximum atomic E-state index is 12.6. The van der Waals surface area contributed by atoms with E-state index in [1.54, 1.807) is 37.4 Å². The lowest BCUT2D eigenvalue weighted by molar-refractivity contribution is 0.159. The van der Waals surface area contributed by atoms with Crippen LogP contribution in [0.25, 0.3) is 10.4 Å². The van der Waals surface area contributed by atoms with Crippen molar-refractivity contribution in [1.82, 2.24) is 14.7 Å². The van der Waals surface area contributed by atoms with Crippen molar-refractivity contribution in [3.63, 3.8) is 0 Å². The fraction of sp³-hybridized carbons (Fsp3) is 0.200. The Morgan fingerprint density at radius 3 is 2.71 bits per heavy atom. The van der Waals surface area contributed by atoms with Crippen LogP contribution in [0.15, 0.2) is 52.9 Å². The fourth-order valence-electron chi connectivity index (χ4n) is 2.52. The van der Waals surface area contributed by atoms with Crippen LogP contribution in [-0.4, -0.2) is 51.1 Å². The summed E-state index contributed by atoms with van der Waals surface area (Å²) in [5.41, 5.74) is 1.36. The molecule has 31 heavy (non-hydrogen) atoms. The minimum Gasteiger partial charge on any atom is -0.475 e. The van der Waals surface area contributed by atoms with E-state index >= 15 is 0 Å². The van der Waals surface area contributed by atoms with Gasteiger partial charge in [-0.2, -0.15) is 4.98 Å². The van der Waals surface area contributed by atoms with Gasteiger partial charge in [0.1, 0.15) is 6.61 Å². The number of nitrogens with zero attached hydrogens (tertiary/aromatic N) is 2. The molecule has 0 aliphatic heterocycles. The molecule has 3 N–H and O–H groups in total. The minimum atomic E-state index is -3.05. The molecule has 1 atom stereocenters. The Morgan fingerprint density at radius 2 is 2.06 bits per heavy atom. The Morgan fingerprint density at radius 1 is 1.29 bits per heavy atom. The van der Waals surface area contributed by atoms with Crippen LogP contribution in [0.4, 0.5) is 16.4 Å². The highest BCUT2D eigenvalue weighted by molar-refractivity contribution is 7.99. The molecule has 0 radical (unpaired) electrons. The molecule has 2 aromatic heterocycles. The number of amides is 1. The molecule has 11 heteroatoms. The lowest BCUT2D eigenvalue weighted by Gasteiger charge is -2.13. The number of carbonyl (C=O) groups is 1. The van der Waals surface area contributed by atoms with Gasteiger partial charge >= 0.3 is 6.09 Å². The average molecular weight is 463 g/mol. The molecule has 0 spiro atoms. The molecule has 9 nitrogen and oxygen atoms in total. The number of hydrogen-bond acceptors (Lipinski definition) is 9. The predicted octanol–water partition coefficient (Wildman–Crippen LogP) is 3.06. The van der Waals surface area contributed by atoms with Crippen LogP contribution in [0.2, 0.25) is 0 Å². The molecule has 0 bridgehead atoms. The zero-order chi connectivity index (χ0) is 22.3. The number of aromatic nitrogens is 2. The molecule has 1 unspecified atom stereocenters. The van der Waals surface area contributed by atoms with Crippen LogP contribution in [0.5, 0.6) is 5.88 Å². The number of benzene rings is 1. The second-order valence-corrected chi connectivity index (χ2v) is 9.08. The summed E-state index contributed by atoms with van der Waals surface area (Å²) < 4.78 is 25.2. The number of hydrogen-bond donors (Lipinski definition) is 3. The van der Waals surface area contributed by atoms with Crippen molar-refractivity contribution < 1.29 is 23.6 Å². The third kappa shape index (κ3) is 5.94. The maximum absolute atomic E-state index is 12.6. The van der Waals surface area contributed by atoms with E-state index in [0.29, 0.717) is 22.4 Å². The fourth-order valence-corrected chi connectivity index (χ4v) is 4.27. The maximum Gasteiger partial charge on any atom is 0.418 e. The van der Waals surface area contributed by atoms with Crippen LogP contribution in [0.3, 0.4) is 0 Å². The number of rotatable bonds is 9. The summed E-state index contributed by atoms with van der Waals surface area (Å²) in [6, 6.07) is 10.3. The molecule has 0 fully saturated rings. The van der Waals surface area contributed by atoms with E-state index in [0.717, 1.165) is 10.4 Å². The first kappa shape index (κ1) is 22.5. The summed E-state index contributed by atoms with van der Waals surface area (Å²) in [6.45, 7) is 1.79. The number of carbonyl (C=O) groups excluding carboxylic acids is 1. The SMILES string of the molecule is C=S(=O)(NC(=O)OCC)c1ccc(Nc2ncc(-c3cccs3)c(OCCO)n2)cc1. The van der Waals surface area contributed by atoms with Crippen molar-refractivity contribution in [2.75, 3.05) is 25.1 Å². The van der Waals surface area contributed by atoms with Gasteiger partial charge in [0.15, 0.2) is 0 Å². The molecule has 164 valence electrons. The number of aliphatic hydroxyl groups excluding tert-OH is 1. The molecule has 3 aromatic rings. The summed E-state index contributed by atoms with van der Waals surface area (Å²) in [6.07, 6.45) is 0.855. The Hall–Kier alpha value is -3.15. The first-order valence-electron chi connectivity index (χ1n) is 9.26. The zero-order valence-corrected chi connectivity index (χ0v) is 18.4.